The van der Waals surface area contributed by atoms with Gasteiger partial charge in [0.05, 0.1) is 0 Å². The third kappa shape index (κ3) is 2.29. The average molecular weight is 264 g/mol. The van der Waals surface area contributed by atoms with Crippen molar-refractivity contribution in [3.63, 3.8) is 0 Å². The molecule has 2 aromatic carbocycles. The van der Waals surface area contributed by atoms with Crippen molar-refractivity contribution in [3.8, 4) is 11.5 Å². The third-order valence-corrected chi connectivity index (χ3v) is 2.19. The maximum absolute atomic E-state index is 13.6. The van der Waals surface area contributed by atoms with Crippen LogP contribution in [0.1, 0.15) is 0 Å². The van der Waals surface area contributed by atoms with Gasteiger partial charge in [-0.25, -0.2) is 8.78 Å². The SMILES string of the molecule is Oc1ccc2c(F)c(OC(F)(F)F)c(F)cc2c1. The summed E-state index contributed by atoms with van der Waals surface area (Å²) in [5, 5.41) is 8.76. The number of ether oxygens (including phenoxy) is 1. The first-order valence-electron chi connectivity index (χ1n) is 4.64. The lowest BCUT2D eigenvalue weighted by atomic mass is 10.1. The molecule has 2 nitrogen and oxygen atoms in total. The van der Waals surface area contributed by atoms with Crippen molar-refractivity contribution in [2.75, 3.05) is 0 Å². The van der Waals surface area contributed by atoms with Crippen LogP contribution >= 0.6 is 0 Å². The molecular weight excluding hydrogens is 259 g/mol. The Balaban J connectivity index is 2.65. The summed E-state index contributed by atoms with van der Waals surface area (Å²) in [7, 11) is 0. The van der Waals surface area contributed by atoms with Crippen LogP contribution in [0.2, 0.25) is 0 Å². The molecule has 7 heteroatoms. The van der Waals surface area contributed by atoms with Crippen molar-refractivity contribution < 1.29 is 31.8 Å². The molecule has 0 unspecified atom stereocenters. The van der Waals surface area contributed by atoms with Gasteiger partial charge in [-0.1, -0.05) is 0 Å². The lowest BCUT2D eigenvalue weighted by molar-refractivity contribution is -0.276. The van der Waals surface area contributed by atoms with E-state index in [0.29, 0.717) is 6.07 Å². The zero-order chi connectivity index (χ0) is 13.5. The Bertz CT molecular complexity index is 606. The first-order valence-corrected chi connectivity index (χ1v) is 4.64. The van der Waals surface area contributed by atoms with Crippen LogP contribution in [0.4, 0.5) is 22.0 Å². The van der Waals surface area contributed by atoms with E-state index in [1.54, 1.807) is 0 Å². The third-order valence-electron chi connectivity index (χ3n) is 2.19. The molecule has 0 heterocycles. The van der Waals surface area contributed by atoms with Crippen molar-refractivity contribution in [2.45, 2.75) is 6.36 Å². The Kier molecular flexibility index (Phi) is 2.76. The van der Waals surface area contributed by atoms with Gasteiger partial charge in [0, 0.05) is 5.39 Å². The van der Waals surface area contributed by atoms with Crippen LogP contribution < -0.4 is 4.74 Å². The second kappa shape index (κ2) is 4.01. The molecule has 0 bridgehead atoms. The molecule has 0 saturated heterocycles. The van der Waals surface area contributed by atoms with Crippen LogP contribution in [-0.4, -0.2) is 11.5 Å². The molecule has 0 aliphatic rings. The van der Waals surface area contributed by atoms with Gasteiger partial charge in [0.1, 0.15) is 5.75 Å². The second-order valence-corrected chi connectivity index (χ2v) is 3.45. The Morgan fingerprint density at radius 1 is 1.06 bits per heavy atom. The highest BCUT2D eigenvalue weighted by molar-refractivity contribution is 5.86. The smallest absolute Gasteiger partial charge is 0.508 e. The van der Waals surface area contributed by atoms with E-state index in [1.165, 1.54) is 0 Å². The number of halogens is 5. The highest BCUT2D eigenvalue weighted by atomic mass is 19.4. The molecule has 0 aliphatic carbocycles. The molecule has 0 aliphatic heterocycles. The minimum atomic E-state index is -5.19. The first-order chi connectivity index (χ1) is 8.28. The van der Waals surface area contributed by atoms with E-state index in [0.717, 1.165) is 18.2 Å². The zero-order valence-corrected chi connectivity index (χ0v) is 8.55. The second-order valence-electron chi connectivity index (χ2n) is 3.45. The van der Waals surface area contributed by atoms with Gasteiger partial charge in [0.25, 0.3) is 0 Å². The van der Waals surface area contributed by atoms with E-state index >= 15 is 0 Å². The maximum Gasteiger partial charge on any atom is 0.573 e. The van der Waals surface area contributed by atoms with Gasteiger partial charge in [0.2, 0.25) is 5.75 Å². The summed E-state index contributed by atoms with van der Waals surface area (Å²) in [4.78, 5) is 0. The molecule has 1 N–H and O–H groups in total. The normalized spacial score (nSPS) is 11.8. The molecule has 18 heavy (non-hydrogen) atoms. The predicted molar refractivity (Wildman–Crippen MR) is 52.2 cm³/mol. The number of aromatic hydroxyl groups is 1. The lowest BCUT2D eigenvalue weighted by Crippen LogP contribution is -2.19. The van der Waals surface area contributed by atoms with Gasteiger partial charge >= 0.3 is 6.36 Å². The monoisotopic (exact) mass is 264 g/mol. The van der Waals surface area contributed by atoms with Crippen LogP contribution in [-0.2, 0) is 0 Å². The fraction of sp³-hybridized carbons (Fsp3) is 0.0909. The van der Waals surface area contributed by atoms with E-state index < -0.39 is 23.7 Å². The van der Waals surface area contributed by atoms with Crippen LogP contribution in [0.15, 0.2) is 24.3 Å². The Hall–Kier alpha value is -2.05. The van der Waals surface area contributed by atoms with Gasteiger partial charge in [-0.05, 0) is 29.7 Å². The molecular formula is C11H5F5O2. The van der Waals surface area contributed by atoms with E-state index in [-0.39, 0.29) is 16.5 Å². The number of hydrogen-bond acceptors (Lipinski definition) is 2. The largest absolute Gasteiger partial charge is 0.573 e. The highest BCUT2D eigenvalue weighted by Crippen LogP contribution is 2.34. The summed E-state index contributed by atoms with van der Waals surface area (Å²) in [6.07, 6.45) is -5.19. The molecule has 0 amide bonds. The van der Waals surface area contributed by atoms with Gasteiger partial charge in [-0.3, -0.25) is 0 Å². The van der Waals surface area contributed by atoms with E-state index in [2.05, 4.69) is 4.74 Å². The van der Waals surface area contributed by atoms with Crippen LogP contribution in [0, 0.1) is 11.6 Å². The molecule has 0 aromatic heterocycles. The summed E-state index contributed by atoms with van der Waals surface area (Å²) in [5.41, 5.74) is 0. The van der Waals surface area contributed by atoms with E-state index in [9.17, 15) is 22.0 Å². The minimum absolute atomic E-state index is 0.0699. The van der Waals surface area contributed by atoms with Gasteiger partial charge in [-0.2, -0.15) is 0 Å². The summed E-state index contributed by atoms with van der Waals surface area (Å²) >= 11 is 0. The van der Waals surface area contributed by atoms with Crippen LogP contribution in [0.3, 0.4) is 0 Å². The number of rotatable bonds is 1. The molecule has 0 atom stereocenters. The van der Waals surface area contributed by atoms with E-state index in [1.807, 2.05) is 0 Å². The first kappa shape index (κ1) is 12.4. The van der Waals surface area contributed by atoms with Gasteiger partial charge < -0.3 is 9.84 Å². The van der Waals surface area contributed by atoms with E-state index in [4.69, 9.17) is 5.11 Å². The number of benzene rings is 2. The summed E-state index contributed by atoms with van der Waals surface area (Å²) in [6, 6.07) is 3.78. The summed E-state index contributed by atoms with van der Waals surface area (Å²) in [5.74, 6) is -4.74. The van der Waals surface area contributed by atoms with Crippen molar-refractivity contribution in [1.29, 1.82) is 0 Å². The fourth-order valence-electron chi connectivity index (χ4n) is 1.51. The Morgan fingerprint density at radius 3 is 2.33 bits per heavy atom. The molecule has 0 saturated carbocycles. The van der Waals surface area contributed by atoms with Crippen molar-refractivity contribution in [1.82, 2.24) is 0 Å². The van der Waals surface area contributed by atoms with Crippen LogP contribution in [0.25, 0.3) is 10.8 Å². The number of phenols is 1. The summed E-state index contributed by atoms with van der Waals surface area (Å²) < 4.78 is 66.1. The number of alkyl halides is 3. The molecule has 0 radical (unpaired) electrons. The average Bonchev–Trinajstić information content (AvgIpc) is 2.22. The molecule has 2 aromatic rings. The zero-order valence-electron chi connectivity index (χ0n) is 8.55. The van der Waals surface area contributed by atoms with Crippen molar-refractivity contribution in [2.24, 2.45) is 0 Å². The molecule has 2 rings (SSSR count). The summed E-state index contributed by atoms with van der Waals surface area (Å²) in [6.45, 7) is 0. The quantitative estimate of drug-likeness (QED) is 0.795. The molecule has 0 fully saturated rings. The molecule has 0 spiro atoms. The van der Waals surface area contributed by atoms with Crippen molar-refractivity contribution >= 4 is 10.8 Å². The standard InChI is InChI=1S/C11H5F5O2/c12-8-4-5-3-6(17)1-2-7(5)9(13)10(8)18-11(14,15)16/h1-4,17H. The van der Waals surface area contributed by atoms with Gasteiger partial charge in [0.15, 0.2) is 11.6 Å². The molecule has 96 valence electrons. The van der Waals surface area contributed by atoms with Gasteiger partial charge in [-0.15, -0.1) is 13.2 Å². The predicted octanol–water partition coefficient (Wildman–Crippen LogP) is 3.72. The van der Waals surface area contributed by atoms with Crippen LogP contribution in [0.5, 0.6) is 11.5 Å². The number of phenolic OH excluding ortho intramolecular Hbond substituents is 1. The lowest BCUT2D eigenvalue weighted by Gasteiger charge is -2.12. The minimum Gasteiger partial charge on any atom is -0.508 e. The van der Waals surface area contributed by atoms with Crippen molar-refractivity contribution in [3.05, 3.63) is 35.9 Å². The maximum atomic E-state index is 13.6. The topological polar surface area (TPSA) is 29.5 Å². The Labute approximate surface area is 97.2 Å². The number of hydrogen-bond donors (Lipinski definition) is 1. The highest BCUT2D eigenvalue weighted by Gasteiger charge is 2.34. The Morgan fingerprint density at radius 2 is 1.72 bits per heavy atom. The number of fused-ring (bicyclic) bond motifs is 1. The fourth-order valence-corrected chi connectivity index (χ4v) is 1.51.